The Morgan fingerprint density at radius 3 is 2.24 bits per heavy atom. The summed E-state index contributed by atoms with van der Waals surface area (Å²) in [7, 11) is 0.894. The first-order valence-electron chi connectivity index (χ1n) is 10.9. The van der Waals surface area contributed by atoms with Crippen molar-refractivity contribution in [3.05, 3.63) is 47.5 Å². The van der Waals surface area contributed by atoms with E-state index >= 15 is 0 Å². The maximum absolute atomic E-state index is 12.6. The molecule has 0 fully saturated rings. The molecule has 0 radical (unpaired) electrons. The minimum absolute atomic E-state index is 0.155. The van der Waals surface area contributed by atoms with Crippen LogP contribution in [0.15, 0.2) is 41.3 Å². The fraction of sp³-hybridized carbons (Fsp3) is 0.458. The molecule has 2 aromatic rings. The highest BCUT2D eigenvalue weighted by Crippen LogP contribution is 2.31. The van der Waals surface area contributed by atoms with Gasteiger partial charge < -0.3 is 19.5 Å². The van der Waals surface area contributed by atoms with Crippen molar-refractivity contribution in [3.8, 4) is 17.2 Å². The predicted molar refractivity (Wildman–Crippen MR) is 128 cm³/mol. The second-order valence-electron chi connectivity index (χ2n) is 7.62. The lowest BCUT2D eigenvalue weighted by molar-refractivity contribution is -0.121. The first-order chi connectivity index (χ1) is 15.6. The van der Waals surface area contributed by atoms with Crippen LogP contribution < -0.4 is 19.5 Å². The minimum atomic E-state index is -3.58. The number of sulfonamides is 1. The zero-order valence-corrected chi connectivity index (χ0v) is 21.0. The summed E-state index contributed by atoms with van der Waals surface area (Å²) in [5, 5.41) is 2.99. The van der Waals surface area contributed by atoms with E-state index in [1.54, 1.807) is 12.1 Å². The third-order valence-corrected chi connectivity index (χ3v) is 6.91. The molecular weight excluding hydrogens is 444 g/mol. The van der Waals surface area contributed by atoms with Gasteiger partial charge in [0.05, 0.1) is 31.3 Å². The normalized spacial score (nSPS) is 12.3. The van der Waals surface area contributed by atoms with Gasteiger partial charge >= 0.3 is 0 Å². The number of methoxy groups -OCH3 is 1. The molecule has 9 heteroatoms. The van der Waals surface area contributed by atoms with Crippen LogP contribution in [-0.4, -0.2) is 53.0 Å². The summed E-state index contributed by atoms with van der Waals surface area (Å²) in [5.41, 5.74) is 1.55. The Hall–Kier alpha value is -2.78. The first kappa shape index (κ1) is 26.5. The quantitative estimate of drug-likeness (QED) is 0.501. The third kappa shape index (κ3) is 6.85. The molecule has 0 bridgehead atoms. The highest BCUT2D eigenvalue weighted by molar-refractivity contribution is 7.89. The first-order valence-corrected chi connectivity index (χ1v) is 12.4. The lowest BCUT2D eigenvalue weighted by atomic mass is 10.1. The molecule has 0 aliphatic carbocycles. The third-order valence-electron chi connectivity index (χ3n) is 5.10. The Kier molecular flexibility index (Phi) is 9.55. The molecule has 1 atom stereocenters. The van der Waals surface area contributed by atoms with Gasteiger partial charge in [0.25, 0.3) is 0 Å². The molecule has 0 spiro atoms. The van der Waals surface area contributed by atoms with Gasteiger partial charge in [0, 0.05) is 20.5 Å². The zero-order valence-electron chi connectivity index (χ0n) is 20.2. The van der Waals surface area contributed by atoms with Gasteiger partial charge in [-0.25, -0.2) is 12.7 Å². The van der Waals surface area contributed by atoms with E-state index in [0.29, 0.717) is 42.4 Å². The molecule has 2 aromatic carbocycles. The van der Waals surface area contributed by atoms with E-state index in [2.05, 4.69) is 5.32 Å². The number of carbonyl (C=O) groups excluding carboxylic acids is 1. The number of ether oxygens (including phenoxy) is 3. The van der Waals surface area contributed by atoms with Crippen molar-refractivity contribution in [1.82, 2.24) is 9.62 Å². The lowest BCUT2D eigenvalue weighted by Gasteiger charge is -2.18. The van der Waals surface area contributed by atoms with Crippen molar-refractivity contribution < 1.29 is 27.4 Å². The Morgan fingerprint density at radius 2 is 1.64 bits per heavy atom. The molecule has 182 valence electrons. The Bertz CT molecular complexity index is 1050. The van der Waals surface area contributed by atoms with Crippen molar-refractivity contribution in [2.45, 2.75) is 44.6 Å². The standard InChI is InChI=1S/C24H34N2O6S/c1-7-31-22-12-9-18(16-23(22)32-8-2)17(3)25-24(27)14-10-19-15-20(11-13-21(19)30-6)33(28,29)26(4)5/h9,11-13,15-17H,7-8,10,14H2,1-6H3,(H,25,27)/t17-/m0/s1. The summed E-state index contributed by atoms with van der Waals surface area (Å²) in [6.45, 7) is 6.75. The van der Waals surface area contributed by atoms with Gasteiger partial charge in [0.2, 0.25) is 15.9 Å². The Labute approximate surface area is 196 Å². The van der Waals surface area contributed by atoms with Crippen LogP contribution in [0.4, 0.5) is 0 Å². The van der Waals surface area contributed by atoms with Crippen LogP contribution in [0.2, 0.25) is 0 Å². The number of nitrogens with zero attached hydrogens (tertiary/aromatic N) is 1. The van der Waals surface area contributed by atoms with Crippen LogP contribution in [0, 0.1) is 0 Å². The van der Waals surface area contributed by atoms with Gasteiger partial charge in [0.1, 0.15) is 5.75 Å². The highest BCUT2D eigenvalue weighted by atomic mass is 32.2. The molecule has 0 heterocycles. The molecule has 0 unspecified atom stereocenters. The van der Waals surface area contributed by atoms with Crippen molar-refractivity contribution in [1.29, 1.82) is 0 Å². The van der Waals surface area contributed by atoms with Gasteiger partial charge in [-0.2, -0.15) is 0 Å². The van der Waals surface area contributed by atoms with E-state index in [1.807, 2.05) is 39.0 Å². The zero-order chi connectivity index (χ0) is 24.6. The average Bonchev–Trinajstić information content (AvgIpc) is 2.78. The van der Waals surface area contributed by atoms with Crippen LogP contribution in [0.1, 0.15) is 44.4 Å². The van der Waals surface area contributed by atoms with Crippen LogP contribution in [0.25, 0.3) is 0 Å². The average molecular weight is 479 g/mol. The number of rotatable bonds is 12. The van der Waals surface area contributed by atoms with Crippen LogP contribution >= 0.6 is 0 Å². The van der Waals surface area contributed by atoms with Crippen molar-refractivity contribution >= 4 is 15.9 Å². The second-order valence-corrected chi connectivity index (χ2v) is 9.77. The van der Waals surface area contributed by atoms with Crippen molar-refractivity contribution in [2.24, 2.45) is 0 Å². The molecule has 33 heavy (non-hydrogen) atoms. The number of aryl methyl sites for hydroxylation is 1. The fourth-order valence-electron chi connectivity index (χ4n) is 3.30. The largest absolute Gasteiger partial charge is 0.496 e. The maximum atomic E-state index is 12.6. The van der Waals surface area contributed by atoms with Gasteiger partial charge in [-0.3, -0.25) is 4.79 Å². The van der Waals surface area contributed by atoms with Gasteiger partial charge in [-0.1, -0.05) is 6.07 Å². The molecule has 0 saturated carbocycles. The van der Waals surface area contributed by atoms with Crippen LogP contribution in [0.5, 0.6) is 17.2 Å². The molecule has 8 nitrogen and oxygen atoms in total. The number of benzene rings is 2. The van der Waals surface area contributed by atoms with Crippen molar-refractivity contribution in [2.75, 3.05) is 34.4 Å². The smallest absolute Gasteiger partial charge is 0.242 e. The molecule has 1 amide bonds. The number of carbonyl (C=O) groups is 1. The molecule has 0 aromatic heterocycles. The minimum Gasteiger partial charge on any atom is -0.496 e. The number of hydrogen-bond acceptors (Lipinski definition) is 6. The molecular formula is C24H34N2O6S. The highest BCUT2D eigenvalue weighted by Gasteiger charge is 2.20. The Balaban J connectivity index is 2.10. The molecule has 0 aliphatic rings. The predicted octanol–water partition coefficient (Wildman–Crippen LogP) is 3.55. The summed E-state index contributed by atoms with van der Waals surface area (Å²) in [6.07, 6.45) is 0.521. The van der Waals surface area contributed by atoms with E-state index in [1.165, 1.54) is 27.3 Å². The van der Waals surface area contributed by atoms with Gasteiger partial charge in [0.15, 0.2) is 11.5 Å². The molecule has 2 rings (SSSR count). The summed E-state index contributed by atoms with van der Waals surface area (Å²) in [4.78, 5) is 12.8. The summed E-state index contributed by atoms with van der Waals surface area (Å²) in [6, 6.07) is 10.0. The lowest BCUT2D eigenvalue weighted by Crippen LogP contribution is -2.27. The molecule has 0 aliphatic heterocycles. The van der Waals surface area contributed by atoms with E-state index in [9.17, 15) is 13.2 Å². The number of hydrogen-bond donors (Lipinski definition) is 1. The van der Waals surface area contributed by atoms with Crippen LogP contribution in [-0.2, 0) is 21.2 Å². The monoisotopic (exact) mass is 478 g/mol. The summed E-state index contributed by atoms with van der Waals surface area (Å²) in [5.74, 6) is 1.70. The van der Waals surface area contributed by atoms with Gasteiger partial charge in [-0.05, 0) is 68.7 Å². The maximum Gasteiger partial charge on any atom is 0.242 e. The topological polar surface area (TPSA) is 94.2 Å². The van der Waals surface area contributed by atoms with Crippen LogP contribution in [0.3, 0.4) is 0 Å². The number of amides is 1. The SMILES string of the molecule is CCOc1ccc([C@H](C)NC(=O)CCc2cc(S(=O)(=O)N(C)C)ccc2OC)cc1OCC. The van der Waals surface area contributed by atoms with E-state index in [0.717, 1.165) is 9.87 Å². The van der Waals surface area contributed by atoms with Gasteiger partial charge in [-0.15, -0.1) is 0 Å². The fourth-order valence-corrected chi connectivity index (χ4v) is 4.26. The molecule has 1 N–H and O–H groups in total. The Morgan fingerprint density at radius 1 is 1.00 bits per heavy atom. The van der Waals surface area contributed by atoms with Crippen molar-refractivity contribution in [3.63, 3.8) is 0 Å². The van der Waals surface area contributed by atoms with E-state index in [-0.39, 0.29) is 23.3 Å². The summed E-state index contributed by atoms with van der Waals surface area (Å²) >= 11 is 0. The number of nitrogens with one attached hydrogen (secondary N) is 1. The second kappa shape index (κ2) is 11.9. The van der Waals surface area contributed by atoms with E-state index < -0.39 is 10.0 Å². The molecule has 0 saturated heterocycles. The van der Waals surface area contributed by atoms with E-state index in [4.69, 9.17) is 14.2 Å². The summed E-state index contributed by atoms with van der Waals surface area (Å²) < 4.78 is 42.7.